The number of amides is 1. The van der Waals surface area contributed by atoms with Crippen molar-refractivity contribution in [2.45, 2.75) is 12.7 Å². The molecule has 8 nitrogen and oxygen atoms in total. The van der Waals surface area contributed by atoms with Crippen molar-refractivity contribution in [1.29, 1.82) is 0 Å². The van der Waals surface area contributed by atoms with Crippen molar-refractivity contribution in [3.05, 3.63) is 66.0 Å². The monoisotopic (exact) mass is 417 g/mol. The van der Waals surface area contributed by atoms with Gasteiger partial charge < -0.3 is 14.5 Å². The Labute approximate surface area is 167 Å². The molecule has 0 saturated heterocycles. The van der Waals surface area contributed by atoms with E-state index in [1.54, 1.807) is 36.4 Å². The van der Waals surface area contributed by atoms with Crippen LogP contribution in [0.1, 0.15) is 22.1 Å². The second-order valence-corrected chi connectivity index (χ2v) is 6.16. The standard InChI is InChI=1S/C19H14F3N5O3/c1-29-12-6-4-11(5-7-12)14-9-15(19(20,21)22)27-18(24-14)25-16(26-27)17(28)23-10-13-3-2-8-30-13/h2-9H,10H2,1H3,(H,23,28). The van der Waals surface area contributed by atoms with Crippen molar-refractivity contribution in [3.8, 4) is 17.0 Å². The number of aromatic nitrogens is 4. The van der Waals surface area contributed by atoms with Gasteiger partial charge in [-0.25, -0.2) is 4.98 Å². The number of fused-ring (bicyclic) bond motifs is 1. The molecule has 0 fully saturated rings. The molecule has 1 amide bonds. The molecule has 1 N–H and O–H groups in total. The van der Waals surface area contributed by atoms with Crippen molar-refractivity contribution in [3.63, 3.8) is 0 Å². The first-order chi connectivity index (χ1) is 14.3. The quantitative estimate of drug-likeness (QED) is 0.535. The first-order valence-corrected chi connectivity index (χ1v) is 8.65. The number of methoxy groups -OCH3 is 1. The van der Waals surface area contributed by atoms with Crippen molar-refractivity contribution in [2.75, 3.05) is 7.11 Å². The molecule has 0 aliphatic heterocycles. The Morgan fingerprint density at radius 3 is 2.60 bits per heavy atom. The molecule has 154 valence electrons. The molecule has 30 heavy (non-hydrogen) atoms. The van der Waals surface area contributed by atoms with Crippen LogP contribution >= 0.6 is 0 Å². The van der Waals surface area contributed by atoms with Crippen LogP contribution in [0.2, 0.25) is 0 Å². The lowest BCUT2D eigenvalue weighted by atomic mass is 10.1. The number of ether oxygens (including phenoxy) is 1. The molecule has 0 bridgehead atoms. The van der Waals surface area contributed by atoms with Crippen molar-refractivity contribution < 1.29 is 27.1 Å². The van der Waals surface area contributed by atoms with Gasteiger partial charge in [0.25, 0.3) is 11.7 Å². The zero-order valence-electron chi connectivity index (χ0n) is 15.5. The van der Waals surface area contributed by atoms with Crippen LogP contribution in [0.15, 0.2) is 53.1 Å². The largest absolute Gasteiger partial charge is 0.497 e. The van der Waals surface area contributed by atoms with E-state index < -0.39 is 23.6 Å². The van der Waals surface area contributed by atoms with Crippen LogP contribution in [0.4, 0.5) is 13.2 Å². The highest BCUT2D eigenvalue weighted by Crippen LogP contribution is 2.32. The van der Waals surface area contributed by atoms with Crippen LogP contribution in [0.3, 0.4) is 0 Å². The van der Waals surface area contributed by atoms with E-state index in [1.165, 1.54) is 13.4 Å². The van der Waals surface area contributed by atoms with Gasteiger partial charge in [0, 0.05) is 5.56 Å². The summed E-state index contributed by atoms with van der Waals surface area (Å²) in [6.07, 6.45) is -3.30. The summed E-state index contributed by atoms with van der Waals surface area (Å²) in [4.78, 5) is 20.3. The molecule has 3 heterocycles. The van der Waals surface area contributed by atoms with Gasteiger partial charge in [0.1, 0.15) is 11.5 Å². The number of carbonyl (C=O) groups excluding carboxylic acids is 1. The maximum Gasteiger partial charge on any atom is 0.433 e. The lowest BCUT2D eigenvalue weighted by Gasteiger charge is -2.10. The number of carbonyl (C=O) groups is 1. The highest BCUT2D eigenvalue weighted by Gasteiger charge is 2.36. The SMILES string of the molecule is COc1ccc(-c2cc(C(F)(F)F)n3nc(C(=O)NCc4ccco4)nc3n2)cc1. The summed E-state index contributed by atoms with van der Waals surface area (Å²) >= 11 is 0. The Bertz CT molecular complexity index is 1180. The van der Waals surface area contributed by atoms with Crippen LogP contribution in [-0.4, -0.2) is 32.6 Å². The van der Waals surface area contributed by atoms with E-state index in [0.717, 1.165) is 6.07 Å². The summed E-state index contributed by atoms with van der Waals surface area (Å²) in [5, 5.41) is 6.19. The second kappa shape index (κ2) is 7.50. The van der Waals surface area contributed by atoms with Crippen LogP contribution in [0.5, 0.6) is 5.75 Å². The highest BCUT2D eigenvalue weighted by atomic mass is 19.4. The van der Waals surface area contributed by atoms with Gasteiger partial charge in [-0.15, -0.1) is 5.10 Å². The first-order valence-electron chi connectivity index (χ1n) is 8.65. The lowest BCUT2D eigenvalue weighted by Crippen LogP contribution is -2.24. The number of rotatable bonds is 5. The van der Waals surface area contributed by atoms with Gasteiger partial charge >= 0.3 is 6.18 Å². The fourth-order valence-electron chi connectivity index (χ4n) is 2.74. The number of nitrogens with one attached hydrogen (secondary N) is 1. The molecule has 0 saturated carbocycles. The summed E-state index contributed by atoms with van der Waals surface area (Å²) in [6, 6.07) is 10.5. The fourth-order valence-corrected chi connectivity index (χ4v) is 2.74. The zero-order chi connectivity index (χ0) is 21.3. The topological polar surface area (TPSA) is 94.6 Å². The summed E-state index contributed by atoms with van der Waals surface area (Å²) in [5.41, 5.74) is -0.640. The Balaban J connectivity index is 1.72. The molecule has 0 radical (unpaired) electrons. The molecule has 1 aromatic carbocycles. The van der Waals surface area contributed by atoms with Crippen molar-refractivity contribution >= 4 is 11.7 Å². The summed E-state index contributed by atoms with van der Waals surface area (Å²) < 4.78 is 51.5. The second-order valence-electron chi connectivity index (χ2n) is 6.16. The van der Waals surface area contributed by atoms with Crippen LogP contribution < -0.4 is 10.1 Å². The molecule has 0 unspecified atom stereocenters. The highest BCUT2D eigenvalue weighted by molar-refractivity contribution is 5.90. The minimum absolute atomic E-state index is 0.0346. The molecule has 0 aliphatic carbocycles. The third-order valence-corrected chi connectivity index (χ3v) is 4.19. The van der Waals surface area contributed by atoms with E-state index >= 15 is 0 Å². The minimum atomic E-state index is -4.74. The Kier molecular flexibility index (Phi) is 4.86. The molecule has 11 heteroatoms. The van der Waals surface area contributed by atoms with Crippen molar-refractivity contribution in [1.82, 2.24) is 24.9 Å². The molecule has 0 spiro atoms. The number of furan rings is 1. The predicted molar refractivity (Wildman–Crippen MR) is 97.7 cm³/mol. The summed E-state index contributed by atoms with van der Waals surface area (Å²) in [7, 11) is 1.48. The van der Waals surface area contributed by atoms with Gasteiger partial charge in [-0.1, -0.05) is 0 Å². The molecule has 4 aromatic rings. The Hall–Kier alpha value is -3.89. The predicted octanol–water partition coefficient (Wildman–Crippen LogP) is 3.34. The van der Waals surface area contributed by atoms with E-state index in [1.807, 2.05) is 0 Å². The van der Waals surface area contributed by atoms with Crippen LogP contribution in [0.25, 0.3) is 17.0 Å². The maximum absolute atomic E-state index is 13.6. The number of alkyl halides is 3. The molecule has 0 aliphatic rings. The minimum Gasteiger partial charge on any atom is -0.497 e. The summed E-state index contributed by atoms with van der Waals surface area (Å²) in [6.45, 7) is 0.0397. The van der Waals surface area contributed by atoms with E-state index in [2.05, 4.69) is 20.4 Å². The van der Waals surface area contributed by atoms with Gasteiger partial charge in [0.2, 0.25) is 5.82 Å². The van der Waals surface area contributed by atoms with Gasteiger partial charge in [0.15, 0.2) is 5.69 Å². The van der Waals surface area contributed by atoms with Gasteiger partial charge in [-0.3, -0.25) is 4.79 Å². The number of nitrogens with zero attached hydrogens (tertiary/aromatic N) is 4. The maximum atomic E-state index is 13.6. The van der Waals surface area contributed by atoms with E-state index in [-0.39, 0.29) is 18.0 Å². The fraction of sp³-hybridized carbons (Fsp3) is 0.158. The number of hydrogen-bond donors (Lipinski definition) is 1. The van der Waals surface area contributed by atoms with E-state index in [0.29, 0.717) is 21.6 Å². The number of halogens is 3. The summed E-state index contributed by atoms with van der Waals surface area (Å²) in [5.74, 6) is -0.516. The van der Waals surface area contributed by atoms with Crippen LogP contribution in [0, 0.1) is 0 Å². The average molecular weight is 417 g/mol. The average Bonchev–Trinajstić information content (AvgIpc) is 3.40. The van der Waals surface area contributed by atoms with Gasteiger partial charge in [-0.05, 0) is 42.5 Å². The third kappa shape index (κ3) is 3.81. The normalized spacial score (nSPS) is 11.6. The molecule has 0 atom stereocenters. The number of benzene rings is 1. The Morgan fingerprint density at radius 2 is 1.97 bits per heavy atom. The van der Waals surface area contributed by atoms with Crippen molar-refractivity contribution in [2.24, 2.45) is 0 Å². The third-order valence-electron chi connectivity index (χ3n) is 4.19. The van der Waals surface area contributed by atoms with E-state index in [4.69, 9.17) is 9.15 Å². The van der Waals surface area contributed by atoms with E-state index in [9.17, 15) is 18.0 Å². The molecular weight excluding hydrogens is 403 g/mol. The molecular formula is C19H14F3N5O3. The van der Waals surface area contributed by atoms with Crippen LogP contribution in [-0.2, 0) is 12.7 Å². The first kappa shape index (κ1) is 19.4. The molecule has 4 rings (SSSR count). The zero-order valence-corrected chi connectivity index (χ0v) is 15.5. The Morgan fingerprint density at radius 1 is 1.20 bits per heavy atom. The molecule has 3 aromatic heterocycles. The van der Waals surface area contributed by atoms with Gasteiger partial charge in [-0.2, -0.15) is 22.7 Å². The lowest BCUT2D eigenvalue weighted by molar-refractivity contribution is -0.142. The number of hydrogen-bond acceptors (Lipinski definition) is 6. The van der Waals surface area contributed by atoms with Gasteiger partial charge in [0.05, 0.1) is 25.6 Å². The smallest absolute Gasteiger partial charge is 0.433 e.